The maximum absolute atomic E-state index is 11.4. The molecule has 2 rings (SSSR count). The third kappa shape index (κ3) is 2.88. The first-order valence-corrected chi connectivity index (χ1v) is 6.27. The number of benzene rings is 2. The van der Waals surface area contributed by atoms with Crippen molar-refractivity contribution < 1.29 is 29.6 Å². The summed E-state index contributed by atoms with van der Waals surface area (Å²) in [5.74, 6) is -3.08. The first-order chi connectivity index (χ1) is 11.2. The molecule has 2 aromatic carbocycles. The lowest BCUT2D eigenvalue weighted by Crippen LogP contribution is -2.07. The average molecular weight is 332 g/mol. The van der Waals surface area contributed by atoms with Gasteiger partial charge in [-0.1, -0.05) is 6.07 Å². The number of hydrogen-bond donors (Lipinski definition) is 2. The molecule has 0 radical (unpaired) electrons. The number of hydrogen-bond acceptors (Lipinski definition) is 6. The summed E-state index contributed by atoms with van der Waals surface area (Å²) in [6.07, 6.45) is 0. The molecule has 0 saturated carbocycles. The largest absolute Gasteiger partial charge is 0.478 e. The van der Waals surface area contributed by atoms with Crippen molar-refractivity contribution in [1.29, 1.82) is 0 Å². The molecule has 24 heavy (non-hydrogen) atoms. The van der Waals surface area contributed by atoms with Gasteiger partial charge in [-0.3, -0.25) is 20.2 Å². The van der Waals surface area contributed by atoms with Crippen molar-refractivity contribution in [3.05, 3.63) is 67.8 Å². The Hall–Kier alpha value is -3.82. The fraction of sp³-hybridized carbons (Fsp3) is 0. The van der Waals surface area contributed by atoms with Crippen molar-refractivity contribution in [2.24, 2.45) is 0 Å². The molecule has 0 spiro atoms. The molecular formula is C14H8N2O8. The van der Waals surface area contributed by atoms with Crippen molar-refractivity contribution in [1.82, 2.24) is 0 Å². The normalized spacial score (nSPS) is 10.2. The summed E-state index contributed by atoms with van der Waals surface area (Å²) in [6.45, 7) is 0. The van der Waals surface area contributed by atoms with Gasteiger partial charge in [0.25, 0.3) is 11.4 Å². The van der Waals surface area contributed by atoms with Crippen LogP contribution in [0.5, 0.6) is 0 Å². The van der Waals surface area contributed by atoms with Crippen LogP contribution in [-0.2, 0) is 0 Å². The van der Waals surface area contributed by atoms with E-state index in [0.717, 1.165) is 36.4 Å². The molecule has 0 saturated heterocycles. The summed E-state index contributed by atoms with van der Waals surface area (Å²) in [4.78, 5) is 43.0. The highest BCUT2D eigenvalue weighted by atomic mass is 16.6. The summed E-state index contributed by atoms with van der Waals surface area (Å²) in [7, 11) is 0. The van der Waals surface area contributed by atoms with Crippen LogP contribution >= 0.6 is 0 Å². The summed E-state index contributed by atoms with van der Waals surface area (Å²) >= 11 is 0. The van der Waals surface area contributed by atoms with E-state index in [1.807, 2.05) is 0 Å². The van der Waals surface area contributed by atoms with Crippen LogP contribution in [0.3, 0.4) is 0 Å². The van der Waals surface area contributed by atoms with Gasteiger partial charge in [-0.25, -0.2) is 9.59 Å². The zero-order valence-electron chi connectivity index (χ0n) is 11.7. The number of carbonyl (C=O) groups is 2. The van der Waals surface area contributed by atoms with Crippen LogP contribution < -0.4 is 0 Å². The Kier molecular flexibility index (Phi) is 4.22. The predicted octanol–water partition coefficient (Wildman–Crippen LogP) is 2.57. The summed E-state index contributed by atoms with van der Waals surface area (Å²) in [5.41, 5.74) is -2.97. The van der Waals surface area contributed by atoms with E-state index in [-0.39, 0.29) is 5.56 Å². The molecule has 0 fully saturated rings. The highest BCUT2D eigenvalue weighted by Gasteiger charge is 2.27. The van der Waals surface area contributed by atoms with Crippen LogP contribution in [0.4, 0.5) is 11.4 Å². The van der Waals surface area contributed by atoms with Gasteiger partial charge in [-0.15, -0.1) is 0 Å². The molecule has 0 aliphatic carbocycles. The van der Waals surface area contributed by atoms with Crippen molar-refractivity contribution in [2.75, 3.05) is 0 Å². The molecule has 0 aliphatic heterocycles. The minimum absolute atomic E-state index is 0.294. The molecule has 122 valence electrons. The third-order valence-corrected chi connectivity index (χ3v) is 3.18. The highest BCUT2D eigenvalue weighted by molar-refractivity contribution is 6.04. The molecule has 0 atom stereocenters. The highest BCUT2D eigenvalue weighted by Crippen LogP contribution is 2.36. The van der Waals surface area contributed by atoms with Gasteiger partial charge < -0.3 is 10.2 Å². The molecule has 10 nitrogen and oxygen atoms in total. The molecule has 0 heterocycles. The average Bonchev–Trinajstić information content (AvgIpc) is 2.53. The lowest BCUT2D eigenvalue weighted by molar-refractivity contribution is -0.385. The quantitative estimate of drug-likeness (QED) is 0.623. The van der Waals surface area contributed by atoms with E-state index in [0.29, 0.717) is 0 Å². The van der Waals surface area contributed by atoms with Crippen LogP contribution in [0.25, 0.3) is 11.1 Å². The molecular weight excluding hydrogens is 324 g/mol. The maximum atomic E-state index is 11.4. The number of nitrogens with zero attached hydrogens (tertiary/aromatic N) is 2. The summed E-state index contributed by atoms with van der Waals surface area (Å²) in [6, 6.07) is 5.91. The number of carboxylic acid groups (broad SMARTS) is 2. The number of carboxylic acids is 2. The summed E-state index contributed by atoms with van der Waals surface area (Å²) < 4.78 is 0. The zero-order chi connectivity index (χ0) is 18.0. The fourth-order valence-electron chi connectivity index (χ4n) is 2.19. The van der Waals surface area contributed by atoms with Gasteiger partial charge in [0.05, 0.1) is 26.5 Å². The smallest absolute Gasteiger partial charge is 0.336 e. The second-order valence-electron chi connectivity index (χ2n) is 4.55. The first kappa shape index (κ1) is 16.5. The third-order valence-electron chi connectivity index (χ3n) is 3.18. The molecule has 2 N–H and O–H groups in total. The van der Waals surface area contributed by atoms with Crippen LogP contribution in [0.15, 0.2) is 36.4 Å². The van der Waals surface area contributed by atoms with E-state index >= 15 is 0 Å². The van der Waals surface area contributed by atoms with Gasteiger partial charge in [0.1, 0.15) is 0 Å². The Morgan fingerprint density at radius 2 is 1.50 bits per heavy atom. The monoisotopic (exact) mass is 332 g/mol. The van der Waals surface area contributed by atoms with Crippen molar-refractivity contribution in [3.8, 4) is 11.1 Å². The number of non-ortho nitro benzene ring substituents is 1. The molecule has 0 aliphatic rings. The maximum Gasteiger partial charge on any atom is 0.336 e. The lowest BCUT2D eigenvalue weighted by Gasteiger charge is -2.10. The van der Waals surface area contributed by atoms with Gasteiger partial charge in [0, 0.05) is 23.8 Å². The number of rotatable bonds is 5. The Labute approximate surface area is 132 Å². The standard InChI is InChI=1S/C14H8N2O8/c17-13(18)9-2-1-3-11(16(23)24)12(9)8-5-4-7(15(21)22)6-10(8)14(19)20/h1-6H,(H,17,18)(H,19,20). The van der Waals surface area contributed by atoms with Gasteiger partial charge in [-0.05, 0) is 12.1 Å². The second-order valence-corrected chi connectivity index (χ2v) is 4.55. The topological polar surface area (TPSA) is 161 Å². The fourth-order valence-corrected chi connectivity index (χ4v) is 2.19. The number of nitro benzene ring substituents is 2. The summed E-state index contributed by atoms with van der Waals surface area (Å²) in [5, 5.41) is 40.4. The van der Waals surface area contributed by atoms with Crippen molar-refractivity contribution >= 4 is 23.3 Å². The van der Waals surface area contributed by atoms with Crippen molar-refractivity contribution in [3.63, 3.8) is 0 Å². The van der Waals surface area contributed by atoms with Crippen LogP contribution in [0.1, 0.15) is 20.7 Å². The molecule has 0 amide bonds. The first-order valence-electron chi connectivity index (χ1n) is 6.27. The zero-order valence-corrected chi connectivity index (χ0v) is 11.7. The SMILES string of the molecule is O=C(O)c1cc([N+](=O)[O-])ccc1-c1c(C(=O)O)cccc1[N+](=O)[O-]. The molecule has 10 heteroatoms. The Bertz CT molecular complexity index is 858. The lowest BCUT2D eigenvalue weighted by atomic mass is 9.93. The van der Waals surface area contributed by atoms with E-state index in [1.165, 1.54) is 0 Å². The van der Waals surface area contributed by atoms with Crippen molar-refractivity contribution in [2.45, 2.75) is 0 Å². The molecule has 2 aromatic rings. The van der Waals surface area contributed by atoms with E-state index in [9.17, 15) is 40.0 Å². The molecule has 0 unspecified atom stereocenters. The van der Waals surface area contributed by atoms with Crippen LogP contribution in [0.2, 0.25) is 0 Å². The van der Waals surface area contributed by atoms with Gasteiger partial charge in [0.15, 0.2) is 0 Å². The van der Waals surface area contributed by atoms with Gasteiger partial charge >= 0.3 is 11.9 Å². The van der Waals surface area contributed by atoms with E-state index in [2.05, 4.69) is 0 Å². The Morgan fingerprint density at radius 1 is 0.875 bits per heavy atom. The Morgan fingerprint density at radius 3 is 2.00 bits per heavy atom. The van der Waals surface area contributed by atoms with E-state index in [4.69, 9.17) is 0 Å². The predicted molar refractivity (Wildman–Crippen MR) is 79.1 cm³/mol. The number of aromatic carboxylic acids is 2. The van der Waals surface area contributed by atoms with Gasteiger partial charge in [-0.2, -0.15) is 0 Å². The Balaban J connectivity index is 2.90. The number of nitro groups is 2. The minimum atomic E-state index is -1.58. The minimum Gasteiger partial charge on any atom is -0.478 e. The van der Waals surface area contributed by atoms with E-state index < -0.39 is 49.9 Å². The second kappa shape index (κ2) is 6.12. The van der Waals surface area contributed by atoms with E-state index in [1.54, 1.807) is 0 Å². The molecule has 0 aromatic heterocycles. The van der Waals surface area contributed by atoms with Crippen LogP contribution in [-0.4, -0.2) is 32.0 Å². The van der Waals surface area contributed by atoms with Gasteiger partial charge in [0.2, 0.25) is 0 Å². The molecule has 0 bridgehead atoms. The van der Waals surface area contributed by atoms with Crippen LogP contribution in [0, 0.1) is 20.2 Å².